The summed E-state index contributed by atoms with van der Waals surface area (Å²) in [5, 5.41) is 6.33. The maximum Gasteiger partial charge on any atom is 0.226 e. The van der Waals surface area contributed by atoms with E-state index in [1.54, 1.807) is 0 Å². The summed E-state index contributed by atoms with van der Waals surface area (Å²) in [4.78, 5) is 11.8. The highest BCUT2D eigenvalue weighted by Gasteiger charge is 2.28. The zero-order valence-corrected chi connectivity index (χ0v) is 10.6. The summed E-state index contributed by atoms with van der Waals surface area (Å²) in [5.74, 6) is 0.120. The lowest BCUT2D eigenvalue weighted by atomic mass is 9.91. The number of carbonyl (C=O) groups is 1. The molecule has 1 fully saturated rings. The van der Waals surface area contributed by atoms with Crippen LogP contribution in [0.2, 0.25) is 0 Å². The summed E-state index contributed by atoms with van der Waals surface area (Å²) in [7, 11) is 0. The van der Waals surface area contributed by atoms with Crippen molar-refractivity contribution in [3.8, 4) is 0 Å². The molecule has 0 aromatic heterocycles. The first kappa shape index (κ1) is 13.5. The van der Waals surface area contributed by atoms with Gasteiger partial charge in [0.15, 0.2) is 0 Å². The predicted octanol–water partition coefficient (Wildman–Crippen LogP) is 0.917. The van der Waals surface area contributed by atoms with E-state index in [-0.39, 0.29) is 11.3 Å². The van der Waals surface area contributed by atoms with Gasteiger partial charge >= 0.3 is 0 Å². The van der Waals surface area contributed by atoms with Crippen molar-refractivity contribution in [2.75, 3.05) is 26.3 Å². The number of rotatable bonds is 5. The van der Waals surface area contributed by atoms with Crippen molar-refractivity contribution in [3.63, 3.8) is 0 Å². The van der Waals surface area contributed by atoms with E-state index >= 15 is 0 Å². The summed E-state index contributed by atoms with van der Waals surface area (Å²) < 4.78 is 5.30. The monoisotopic (exact) mass is 228 g/mol. The summed E-state index contributed by atoms with van der Waals surface area (Å²) in [6.45, 7) is 8.98. The lowest BCUT2D eigenvalue weighted by Gasteiger charge is -2.29. The zero-order chi connectivity index (χ0) is 12.0. The zero-order valence-electron chi connectivity index (χ0n) is 10.6. The predicted molar refractivity (Wildman–Crippen MR) is 64.3 cm³/mol. The first-order valence-corrected chi connectivity index (χ1v) is 6.15. The standard InChI is InChI=1S/C12H24N2O2/c1-4-13-11(15)12(2,3)9-14-10-5-7-16-8-6-10/h10,14H,4-9H2,1-3H3,(H,13,15). The van der Waals surface area contributed by atoms with Crippen LogP contribution < -0.4 is 10.6 Å². The highest BCUT2D eigenvalue weighted by Crippen LogP contribution is 2.15. The molecule has 94 valence electrons. The molecule has 0 saturated carbocycles. The molecule has 0 spiro atoms. The number of amides is 1. The maximum atomic E-state index is 11.8. The van der Waals surface area contributed by atoms with Crippen molar-refractivity contribution in [1.29, 1.82) is 0 Å². The van der Waals surface area contributed by atoms with Gasteiger partial charge in [0.1, 0.15) is 0 Å². The van der Waals surface area contributed by atoms with E-state index in [9.17, 15) is 4.79 Å². The molecule has 4 nitrogen and oxygen atoms in total. The van der Waals surface area contributed by atoms with Crippen LogP contribution in [0.3, 0.4) is 0 Å². The molecule has 0 aromatic carbocycles. The van der Waals surface area contributed by atoms with E-state index in [0.29, 0.717) is 12.6 Å². The van der Waals surface area contributed by atoms with Crippen LogP contribution >= 0.6 is 0 Å². The van der Waals surface area contributed by atoms with E-state index in [4.69, 9.17) is 4.74 Å². The Morgan fingerprint density at radius 3 is 2.56 bits per heavy atom. The van der Waals surface area contributed by atoms with Crippen molar-refractivity contribution < 1.29 is 9.53 Å². The highest BCUT2D eigenvalue weighted by atomic mass is 16.5. The van der Waals surface area contributed by atoms with Crippen molar-refractivity contribution in [3.05, 3.63) is 0 Å². The van der Waals surface area contributed by atoms with E-state index in [1.807, 2.05) is 20.8 Å². The molecule has 1 heterocycles. The van der Waals surface area contributed by atoms with Gasteiger partial charge in [0, 0.05) is 32.3 Å². The van der Waals surface area contributed by atoms with Gasteiger partial charge in [0.2, 0.25) is 5.91 Å². The number of nitrogens with one attached hydrogen (secondary N) is 2. The maximum absolute atomic E-state index is 11.8. The molecule has 0 aromatic rings. The minimum absolute atomic E-state index is 0.120. The Morgan fingerprint density at radius 2 is 2.00 bits per heavy atom. The van der Waals surface area contributed by atoms with Gasteiger partial charge in [-0.05, 0) is 33.6 Å². The molecule has 0 atom stereocenters. The molecule has 0 unspecified atom stereocenters. The second kappa shape index (κ2) is 6.21. The third-order valence-electron chi connectivity index (χ3n) is 3.01. The molecule has 16 heavy (non-hydrogen) atoms. The van der Waals surface area contributed by atoms with E-state index < -0.39 is 0 Å². The second-order valence-corrected chi connectivity index (χ2v) is 5.01. The second-order valence-electron chi connectivity index (χ2n) is 5.01. The molecular weight excluding hydrogens is 204 g/mol. The average molecular weight is 228 g/mol. The lowest BCUT2D eigenvalue weighted by molar-refractivity contribution is -0.129. The lowest BCUT2D eigenvalue weighted by Crippen LogP contribution is -2.47. The largest absolute Gasteiger partial charge is 0.381 e. The van der Waals surface area contributed by atoms with Crippen molar-refractivity contribution in [2.45, 2.75) is 39.7 Å². The van der Waals surface area contributed by atoms with Crippen LogP contribution in [-0.2, 0) is 9.53 Å². The Kier molecular flexibility index (Phi) is 5.22. The van der Waals surface area contributed by atoms with Crippen LogP contribution in [0.5, 0.6) is 0 Å². The number of hydrogen-bond acceptors (Lipinski definition) is 3. The fraction of sp³-hybridized carbons (Fsp3) is 0.917. The Labute approximate surface area is 98.1 Å². The number of hydrogen-bond donors (Lipinski definition) is 2. The van der Waals surface area contributed by atoms with E-state index in [1.165, 1.54) is 0 Å². The SMILES string of the molecule is CCNC(=O)C(C)(C)CNC1CCOCC1. The minimum Gasteiger partial charge on any atom is -0.381 e. The molecule has 0 bridgehead atoms. The number of carbonyl (C=O) groups excluding carboxylic acids is 1. The van der Waals surface area contributed by atoms with Gasteiger partial charge < -0.3 is 15.4 Å². The molecule has 2 N–H and O–H groups in total. The van der Waals surface area contributed by atoms with Crippen LogP contribution in [0.15, 0.2) is 0 Å². The van der Waals surface area contributed by atoms with Crippen LogP contribution in [0.1, 0.15) is 33.6 Å². The van der Waals surface area contributed by atoms with Crippen molar-refractivity contribution in [1.82, 2.24) is 10.6 Å². The van der Waals surface area contributed by atoms with E-state index in [0.717, 1.165) is 32.6 Å². The molecule has 0 radical (unpaired) electrons. The van der Waals surface area contributed by atoms with Gasteiger partial charge in [-0.25, -0.2) is 0 Å². The van der Waals surface area contributed by atoms with Crippen LogP contribution in [0.4, 0.5) is 0 Å². The molecule has 1 aliphatic rings. The van der Waals surface area contributed by atoms with Gasteiger partial charge in [0.25, 0.3) is 0 Å². The normalized spacial score (nSPS) is 18.4. The van der Waals surface area contributed by atoms with Crippen LogP contribution in [0.25, 0.3) is 0 Å². The third kappa shape index (κ3) is 4.10. The average Bonchev–Trinajstić information content (AvgIpc) is 2.28. The Balaban J connectivity index is 2.31. The van der Waals surface area contributed by atoms with Crippen molar-refractivity contribution in [2.24, 2.45) is 5.41 Å². The van der Waals surface area contributed by atoms with Gasteiger partial charge in [0.05, 0.1) is 5.41 Å². The summed E-state index contributed by atoms with van der Waals surface area (Å²) >= 11 is 0. The van der Waals surface area contributed by atoms with Crippen LogP contribution in [0, 0.1) is 5.41 Å². The molecule has 1 rings (SSSR count). The molecule has 1 amide bonds. The van der Waals surface area contributed by atoms with E-state index in [2.05, 4.69) is 10.6 Å². The van der Waals surface area contributed by atoms with Gasteiger partial charge in [-0.15, -0.1) is 0 Å². The molecule has 1 aliphatic heterocycles. The smallest absolute Gasteiger partial charge is 0.226 e. The van der Waals surface area contributed by atoms with Crippen molar-refractivity contribution >= 4 is 5.91 Å². The Morgan fingerprint density at radius 1 is 1.38 bits per heavy atom. The van der Waals surface area contributed by atoms with Gasteiger partial charge in [-0.1, -0.05) is 0 Å². The Hall–Kier alpha value is -0.610. The Bertz CT molecular complexity index is 223. The molecule has 1 saturated heterocycles. The minimum atomic E-state index is -0.339. The molecule has 4 heteroatoms. The fourth-order valence-electron chi connectivity index (χ4n) is 1.78. The molecule has 0 aliphatic carbocycles. The number of ether oxygens (including phenoxy) is 1. The topological polar surface area (TPSA) is 50.4 Å². The summed E-state index contributed by atoms with van der Waals surface area (Å²) in [6, 6.07) is 0.502. The quantitative estimate of drug-likeness (QED) is 0.735. The fourth-order valence-corrected chi connectivity index (χ4v) is 1.78. The van der Waals surface area contributed by atoms with Gasteiger partial charge in [-0.3, -0.25) is 4.79 Å². The summed E-state index contributed by atoms with van der Waals surface area (Å²) in [6.07, 6.45) is 2.09. The third-order valence-corrected chi connectivity index (χ3v) is 3.01. The summed E-state index contributed by atoms with van der Waals surface area (Å²) in [5.41, 5.74) is -0.339. The van der Waals surface area contributed by atoms with Crippen LogP contribution in [-0.4, -0.2) is 38.3 Å². The highest BCUT2D eigenvalue weighted by molar-refractivity contribution is 5.81. The molecular formula is C12H24N2O2. The first-order valence-electron chi connectivity index (χ1n) is 6.15. The van der Waals surface area contributed by atoms with Gasteiger partial charge in [-0.2, -0.15) is 0 Å². The first-order chi connectivity index (χ1) is 7.56.